The predicted molar refractivity (Wildman–Crippen MR) is 115 cm³/mol. The Morgan fingerprint density at radius 1 is 1.19 bits per heavy atom. The van der Waals surface area contributed by atoms with Crippen molar-refractivity contribution in [1.29, 1.82) is 0 Å². The summed E-state index contributed by atoms with van der Waals surface area (Å²) in [4.78, 5) is 19.1. The molecule has 2 aromatic carbocycles. The van der Waals surface area contributed by atoms with Crippen LogP contribution in [0.4, 0.5) is 15.6 Å². The van der Waals surface area contributed by atoms with E-state index >= 15 is 0 Å². The Morgan fingerprint density at radius 2 is 1.93 bits per heavy atom. The molecule has 0 aliphatic heterocycles. The van der Waals surface area contributed by atoms with Gasteiger partial charge in [-0.3, -0.25) is 4.90 Å². The molecule has 0 saturated carbocycles. The molecule has 0 aliphatic carbocycles. The van der Waals surface area contributed by atoms with Crippen molar-refractivity contribution in [3.05, 3.63) is 58.4 Å². The maximum atomic E-state index is 12.8. The van der Waals surface area contributed by atoms with E-state index in [1.807, 2.05) is 67.8 Å². The fourth-order valence-electron chi connectivity index (χ4n) is 2.54. The van der Waals surface area contributed by atoms with E-state index in [-0.39, 0.29) is 6.03 Å². The lowest BCUT2D eigenvalue weighted by atomic mass is 10.2. The molecule has 7 heteroatoms. The second-order valence-electron chi connectivity index (χ2n) is 5.63. The number of nitrogens with one attached hydrogen (secondary N) is 1. The van der Waals surface area contributed by atoms with Crippen molar-refractivity contribution in [1.82, 2.24) is 4.98 Å². The number of hydrogen-bond acceptors (Lipinski definition) is 4. The first-order valence-corrected chi connectivity index (χ1v) is 10.3. The van der Waals surface area contributed by atoms with Crippen LogP contribution < -0.4 is 15.0 Å². The number of carbonyl (C=O) groups is 1. The van der Waals surface area contributed by atoms with Crippen molar-refractivity contribution >= 4 is 44.1 Å². The van der Waals surface area contributed by atoms with Gasteiger partial charge in [-0.2, -0.15) is 0 Å². The number of aromatic nitrogens is 1. The number of benzene rings is 2. The minimum Gasteiger partial charge on any atom is -0.492 e. The number of anilines is 2. The lowest BCUT2D eigenvalue weighted by Crippen LogP contribution is -2.34. The quantitative estimate of drug-likeness (QED) is 0.503. The molecule has 3 rings (SSSR count). The van der Waals surface area contributed by atoms with E-state index in [1.165, 1.54) is 11.3 Å². The van der Waals surface area contributed by atoms with E-state index in [4.69, 9.17) is 4.74 Å². The number of halogens is 1. The number of hydrogen-bond donors (Lipinski definition) is 1. The highest BCUT2D eigenvalue weighted by Crippen LogP contribution is 2.30. The first kappa shape index (κ1) is 19.4. The molecule has 1 aromatic heterocycles. The Hall–Kier alpha value is -2.38. The van der Waals surface area contributed by atoms with Gasteiger partial charge in [0.1, 0.15) is 5.75 Å². The average molecular weight is 446 g/mol. The minimum absolute atomic E-state index is 0.235. The third-order valence-corrected chi connectivity index (χ3v) is 5.25. The Morgan fingerprint density at radius 3 is 2.63 bits per heavy atom. The second-order valence-corrected chi connectivity index (χ2v) is 7.38. The van der Waals surface area contributed by atoms with Gasteiger partial charge >= 0.3 is 6.03 Å². The number of rotatable bonds is 6. The first-order valence-electron chi connectivity index (χ1n) is 8.64. The normalized spacial score (nSPS) is 10.5. The van der Waals surface area contributed by atoms with Crippen molar-refractivity contribution in [2.24, 2.45) is 0 Å². The van der Waals surface area contributed by atoms with E-state index in [1.54, 1.807) is 4.90 Å². The van der Waals surface area contributed by atoms with Gasteiger partial charge in [0.15, 0.2) is 5.13 Å². The molecule has 27 heavy (non-hydrogen) atoms. The molecule has 0 saturated heterocycles. The van der Waals surface area contributed by atoms with Crippen LogP contribution in [0.3, 0.4) is 0 Å². The van der Waals surface area contributed by atoms with E-state index < -0.39 is 0 Å². The third-order valence-electron chi connectivity index (χ3n) is 3.85. The molecule has 0 bridgehead atoms. The standard InChI is InChI=1S/C20H20BrN3O2S/c1-3-24(19(25)22-16-7-5-6-8-18(16)26-4-2)20-23-17(13-27-20)14-9-11-15(21)12-10-14/h5-13H,3-4H2,1-2H3,(H,22,25). The van der Waals surface area contributed by atoms with Crippen LogP contribution in [0, 0.1) is 0 Å². The van der Waals surface area contributed by atoms with Crippen LogP contribution in [-0.4, -0.2) is 24.2 Å². The predicted octanol–water partition coefficient (Wildman–Crippen LogP) is 6.03. The smallest absolute Gasteiger partial charge is 0.328 e. The Balaban J connectivity index is 1.79. The maximum Gasteiger partial charge on any atom is 0.328 e. The number of urea groups is 1. The third kappa shape index (κ3) is 4.67. The lowest BCUT2D eigenvalue weighted by molar-refractivity contribution is 0.257. The van der Waals surface area contributed by atoms with Crippen molar-refractivity contribution in [2.75, 3.05) is 23.4 Å². The number of para-hydroxylation sites is 2. The van der Waals surface area contributed by atoms with Crippen LogP contribution in [0.15, 0.2) is 58.4 Å². The number of carbonyl (C=O) groups excluding carboxylic acids is 1. The number of ether oxygens (including phenoxy) is 1. The van der Waals surface area contributed by atoms with E-state index in [2.05, 4.69) is 26.2 Å². The minimum atomic E-state index is -0.235. The van der Waals surface area contributed by atoms with Crippen LogP contribution >= 0.6 is 27.3 Å². The van der Waals surface area contributed by atoms with Gasteiger partial charge in [0, 0.05) is 22.0 Å². The van der Waals surface area contributed by atoms with E-state index in [0.29, 0.717) is 29.7 Å². The largest absolute Gasteiger partial charge is 0.492 e. The van der Waals surface area contributed by atoms with E-state index in [9.17, 15) is 4.79 Å². The summed E-state index contributed by atoms with van der Waals surface area (Å²) in [5.74, 6) is 0.652. The zero-order chi connectivity index (χ0) is 19.2. The Kier molecular flexibility index (Phi) is 6.47. The van der Waals surface area contributed by atoms with E-state index in [0.717, 1.165) is 15.7 Å². The highest BCUT2D eigenvalue weighted by molar-refractivity contribution is 9.10. The monoisotopic (exact) mass is 445 g/mol. The molecular weight excluding hydrogens is 426 g/mol. The summed E-state index contributed by atoms with van der Waals surface area (Å²) in [5, 5.41) is 5.54. The van der Waals surface area contributed by atoms with Gasteiger partial charge in [-0.25, -0.2) is 9.78 Å². The molecule has 0 atom stereocenters. The Bertz CT molecular complexity index is 912. The van der Waals surface area contributed by atoms with Crippen LogP contribution in [0.2, 0.25) is 0 Å². The molecule has 0 unspecified atom stereocenters. The Labute approximate surface area is 171 Å². The van der Waals surface area contributed by atoms with Crippen LogP contribution in [-0.2, 0) is 0 Å². The van der Waals surface area contributed by atoms with Gasteiger partial charge in [-0.15, -0.1) is 11.3 Å². The number of thiazole rings is 1. The molecule has 1 N–H and O–H groups in total. The SMILES string of the molecule is CCOc1ccccc1NC(=O)N(CC)c1nc(-c2ccc(Br)cc2)cs1. The maximum absolute atomic E-state index is 12.8. The molecular formula is C20H20BrN3O2S. The van der Waals surface area contributed by atoms with Gasteiger partial charge in [-0.1, -0.05) is 40.2 Å². The summed E-state index contributed by atoms with van der Waals surface area (Å²) in [6.45, 7) is 4.88. The van der Waals surface area contributed by atoms with Crippen LogP contribution in [0.25, 0.3) is 11.3 Å². The molecule has 3 aromatic rings. The van der Waals surface area contributed by atoms with Gasteiger partial charge in [0.2, 0.25) is 0 Å². The molecule has 0 spiro atoms. The van der Waals surface area contributed by atoms with Crippen molar-refractivity contribution in [3.8, 4) is 17.0 Å². The first-order chi connectivity index (χ1) is 13.1. The van der Waals surface area contributed by atoms with Gasteiger partial charge < -0.3 is 10.1 Å². The fourth-order valence-corrected chi connectivity index (χ4v) is 3.70. The summed E-state index contributed by atoms with van der Waals surface area (Å²) in [6.07, 6.45) is 0. The second kappa shape index (κ2) is 9.01. The summed E-state index contributed by atoms with van der Waals surface area (Å²) in [6, 6.07) is 15.1. The molecule has 0 radical (unpaired) electrons. The topological polar surface area (TPSA) is 54.5 Å². The van der Waals surface area contributed by atoms with Gasteiger partial charge in [0.25, 0.3) is 0 Å². The summed E-state index contributed by atoms with van der Waals surface area (Å²) in [5.41, 5.74) is 2.51. The molecule has 2 amide bonds. The van der Waals surface area contributed by atoms with Gasteiger partial charge in [-0.05, 0) is 38.1 Å². The van der Waals surface area contributed by atoms with Crippen molar-refractivity contribution in [2.45, 2.75) is 13.8 Å². The van der Waals surface area contributed by atoms with Crippen LogP contribution in [0.5, 0.6) is 5.75 Å². The summed E-state index contributed by atoms with van der Waals surface area (Å²) >= 11 is 4.88. The molecule has 1 heterocycles. The van der Waals surface area contributed by atoms with Gasteiger partial charge in [0.05, 0.1) is 18.0 Å². The number of amides is 2. The lowest BCUT2D eigenvalue weighted by Gasteiger charge is -2.19. The highest BCUT2D eigenvalue weighted by atomic mass is 79.9. The zero-order valence-corrected chi connectivity index (χ0v) is 17.5. The van der Waals surface area contributed by atoms with Crippen molar-refractivity contribution in [3.63, 3.8) is 0 Å². The summed E-state index contributed by atoms with van der Waals surface area (Å²) in [7, 11) is 0. The average Bonchev–Trinajstić information content (AvgIpc) is 3.14. The number of nitrogens with zero attached hydrogens (tertiary/aromatic N) is 2. The summed E-state index contributed by atoms with van der Waals surface area (Å²) < 4.78 is 6.60. The molecule has 5 nitrogen and oxygen atoms in total. The van der Waals surface area contributed by atoms with Crippen molar-refractivity contribution < 1.29 is 9.53 Å². The highest BCUT2D eigenvalue weighted by Gasteiger charge is 2.19. The zero-order valence-electron chi connectivity index (χ0n) is 15.1. The molecule has 0 fully saturated rings. The van der Waals surface area contributed by atoms with Crippen LogP contribution in [0.1, 0.15) is 13.8 Å². The molecule has 140 valence electrons. The molecule has 0 aliphatic rings. The fraction of sp³-hybridized carbons (Fsp3) is 0.200.